The summed E-state index contributed by atoms with van der Waals surface area (Å²) in [4.78, 5) is 37.9. The molecule has 1 aliphatic rings. The Morgan fingerprint density at radius 2 is 1.81 bits per heavy atom. The Kier molecular flexibility index (Phi) is 4.81. The van der Waals surface area contributed by atoms with Crippen LogP contribution in [-0.2, 0) is 4.79 Å². The molecule has 2 aromatic carbocycles. The van der Waals surface area contributed by atoms with Crippen LogP contribution in [0.15, 0.2) is 36.4 Å². The topological polar surface area (TPSA) is 84.9 Å². The van der Waals surface area contributed by atoms with Crippen LogP contribution in [0.2, 0.25) is 5.02 Å². The van der Waals surface area contributed by atoms with Gasteiger partial charge in [0.05, 0.1) is 30.4 Å². The van der Waals surface area contributed by atoms with Gasteiger partial charge in [0.15, 0.2) is 11.5 Å². The minimum Gasteiger partial charge on any atom is -0.493 e. The zero-order chi connectivity index (χ0) is 18.8. The fourth-order valence-corrected chi connectivity index (χ4v) is 2.95. The molecule has 0 bridgehead atoms. The molecule has 8 heteroatoms. The molecule has 0 fully saturated rings. The Labute approximate surface area is 154 Å². The van der Waals surface area contributed by atoms with E-state index in [0.717, 1.165) is 4.90 Å². The smallest absolute Gasteiger partial charge is 0.263 e. The van der Waals surface area contributed by atoms with E-state index in [1.54, 1.807) is 24.3 Å². The standard InChI is InChI=1S/C18H15ClN2O5/c1-25-13-7-6-10(8-14(13)26-2)20-15(22)9-21-17(23)11-4-3-5-12(19)16(11)18(21)24/h3-8H,9H2,1-2H3,(H,20,22). The molecule has 0 aromatic heterocycles. The highest BCUT2D eigenvalue weighted by molar-refractivity contribution is 6.37. The van der Waals surface area contributed by atoms with Crippen LogP contribution < -0.4 is 14.8 Å². The molecular formula is C18H15ClN2O5. The molecule has 0 atom stereocenters. The third kappa shape index (κ3) is 3.09. The summed E-state index contributed by atoms with van der Waals surface area (Å²) in [7, 11) is 2.98. The summed E-state index contributed by atoms with van der Waals surface area (Å²) in [5.74, 6) is -0.700. The third-order valence-electron chi connectivity index (χ3n) is 3.92. The molecule has 134 valence electrons. The van der Waals surface area contributed by atoms with Crippen LogP contribution in [-0.4, -0.2) is 43.4 Å². The Bertz CT molecular complexity index is 912. The van der Waals surface area contributed by atoms with E-state index >= 15 is 0 Å². The van der Waals surface area contributed by atoms with Crippen molar-refractivity contribution in [1.29, 1.82) is 0 Å². The molecule has 1 heterocycles. The summed E-state index contributed by atoms with van der Waals surface area (Å²) in [6.45, 7) is -0.420. The first kappa shape index (κ1) is 17.8. The van der Waals surface area contributed by atoms with E-state index in [1.165, 1.54) is 26.4 Å². The van der Waals surface area contributed by atoms with Crippen molar-refractivity contribution in [3.63, 3.8) is 0 Å². The van der Waals surface area contributed by atoms with E-state index in [1.807, 2.05) is 0 Å². The van der Waals surface area contributed by atoms with Gasteiger partial charge in [-0.1, -0.05) is 17.7 Å². The van der Waals surface area contributed by atoms with Gasteiger partial charge in [-0.3, -0.25) is 19.3 Å². The normalized spacial score (nSPS) is 12.8. The highest BCUT2D eigenvalue weighted by Gasteiger charge is 2.38. The van der Waals surface area contributed by atoms with Gasteiger partial charge in [-0.25, -0.2) is 0 Å². The van der Waals surface area contributed by atoms with Crippen molar-refractivity contribution < 1.29 is 23.9 Å². The van der Waals surface area contributed by atoms with Crippen LogP contribution in [0.5, 0.6) is 11.5 Å². The average Bonchev–Trinajstić information content (AvgIpc) is 2.87. The third-order valence-corrected chi connectivity index (χ3v) is 4.23. The van der Waals surface area contributed by atoms with Crippen molar-refractivity contribution in [2.24, 2.45) is 0 Å². The van der Waals surface area contributed by atoms with Gasteiger partial charge < -0.3 is 14.8 Å². The molecule has 3 amide bonds. The number of benzene rings is 2. The fraction of sp³-hybridized carbons (Fsp3) is 0.167. The van der Waals surface area contributed by atoms with Gasteiger partial charge in [-0.05, 0) is 24.3 Å². The van der Waals surface area contributed by atoms with Crippen molar-refractivity contribution in [3.8, 4) is 11.5 Å². The van der Waals surface area contributed by atoms with E-state index < -0.39 is 24.3 Å². The fourth-order valence-electron chi connectivity index (χ4n) is 2.69. The molecule has 0 unspecified atom stereocenters. The molecule has 7 nitrogen and oxygen atoms in total. The lowest BCUT2D eigenvalue weighted by molar-refractivity contribution is -0.116. The second kappa shape index (κ2) is 7.05. The van der Waals surface area contributed by atoms with Crippen LogP contribution in [0.3, 0.4) is 0 Å². The summed E-state index contributed by atoms with van der Waals surface area (Å²) in [5, 5.41) is 2.81. The monoisotopic (exact) mass is 374 g/mol. The number of methoxy groups -OCH3 is 2. The van der Waals surface area contributed by atoms with E-state index in [0.29, 0.717) is 17.2 Å². The highest BCUT2D eigenvalue weighted by Crippen LogP contribution is 2.31. The number of nitrogens with zero attached hydrogens (tertiary/aromatic N) is 1. The van der Waals surface area contributed by atoms with Gasteiger partial charge in [0.2, 0.25) is 5.91 Å². The van der Waals surface area contributed by atoms with Crippen LogP contribution in [0, 0.1) is 0 Å². The lowest BCUT2D eigenvalue weighted by Gasteiger charge is -2.14. The zero-order valence-corrected chi connectivity index (χ0v) is 14.8. The first-order valence-electron chi connectivity index (χ1n) is 7.63. The maximum Gasteiger partial charge on any atom is 0.263 e. The maximum absolute atomic E-state index is 12.4. The zero-order valence-electron chi connectivity index (χ0n) is 14.0. The van der Waals surface area contributed by atoms with Crippen molar-refractivity contribution >= 4 is 35.0 Å². The summed E-state index contributed by atoms with van der Waals surface area (Å²) in [5.41, 5.74) is 0.766. The van der Waals surface area contributed by atoms with Crippen molar-refractivity contribution in [2.45, 2.75) is 0 Å². The maximum atomic E-state index is 12.4. The largest absolute Gasteiger partial charge is 0.493 e. The molecule has 0 radical (unpaired) electrons. The number of carbonyl (C=O) groups is 3. The predicted octanol–water partition coefficient (Wildman–Crippen LogP) is 2.59. The minimum absolute atomic E-state index is 0.123. The van der Waals surface area contributed by atoms with Crippen molar-refractivity contribution in [1.82, 2.24) is 4.90 Å². The molecule has 1 aliphatic heterocycles. The Morgan fingerprint density at radius 1 is 1.08 bits per heavy atom. The molecule has 26 heavy (non-hydrogen) atoms. The number of hydrogen-bond donors (Lipinski definition) is 1. The van der Waals surface area contributed by atoms with Gasteiger partial charge in [0, 0.05) is 11.8 Å². The number of hydrogen-bond acceptors (Lipinski definition) is 5. The van der Waals surface area contributed by atoms with Gasteiger partial charge in [0.1, 0.15) is 6.54 Å². The highest BCUT2D eigenvalue weighted by atomic mass is 35.5. The first-order valence-corrected chi connectivity index (χ1v) is 8.00. The molecule has 3 rings (SSSR count). The molecular weight excluding hydrogens is 360 g/mol. The Balaban J connectivity index is 1.74. The molecule has 1 N–H and O–H groups in total. The number of rotatable bonds is 5. The lowest BCUT2D eigenvalue weighted by Crippen LogP contribution is -2.37. The summed E-state index contributed by atoms with van der Waals surface area (Å²) < 4.78 is 10.3. The quantitative estimate of drug-likeness (QED) is 0.813. The molecule has 0 aliphatic carbocycles. The summed E-state index contributed by atoms with van der Waals surface area (Å²) >= 11 is 6.00. The van der Waals surface area contributed by atoms with E-state index in [9.17, 15) is 14.4 Å². The first-order chi connectivity index (χ1) is 12.5. The number of nitrogens with one attached hydrogen (secondary N) is 1. The van der Waals surface area contributed by atoms with Gasteiger partial charge >= 0.3 is 0 Å². The van der Waals surface area contributed by atoms with Crippen molar-refractivity contribution in [2.75, 3.05) is 26.1 Å². The Hall–Kier alpha value is -3.06. The molecule has 0 spiro atoms. The number of fused-ring (bicyclic) bond motifs is 1. The summed E-state index contributed by atoms with van der Waals surface area (Å²) in [6.07, 6.45) is 0. The second-order valence-electron chi connectivity index (χ2n) is 5.48. The lowest BCUT2D eigenvalue weighted by atomic mass is 10.1. The molecule has 0 saturated carbocycles. The average molecular weight is 375 g/mol. The van der Waals surface area contributed by atoms with Gasteiger partial charge in [0.25, 0.3) is 11.8 Å². The number of imide groups is 1. The number of amides is 3. The molecule has 2 aromatic rings. The van der Waals surface area contributed by atoms with Gasteiger partial charge in [-0.15, -0.1) is 0 Å². The molecule has 0 saturated heterocycles. The van der Waals surface area contributed by atoms with Gasteiger partial charge in [-0.2, -0.15) is 0 Å². The van der Waals surface area contributed by atoms with Crippen molar-refractivity contribution in [3.05, 3.63) is 52.5 Å². The summed E-state index contributed by atoms with van der Waals surface area (Å²) in [6, 6.07) is 9.46. The Morgan fingerprint density at radius 3 is 2.46 bits per heavy atom. The second-order valence-corrected chi connectivity index (χ2v) is 5.88. The van der Waals surface area contributed by atoms with Crippen LogP contribution in [0.25, 0.3) is 0 Å². The SMILES string of the molecule is COc1ccc(NC(=O)CN2C(=O)c3cccc(Cl)c3C2=O)cc1OC. The number of ether oxygens (including phenoxy) is 2. The number of halogens is 1. The van der Waals surface area contributed by atoms with Crippen LogP contribution >= 0.6 is 11.6 Å². The van der Waals surface area contributed by atoms with E-state index in [-0.39, 0.29) is 16.1 Å². The minimum atomic E-state index is -0.585. The van der Waals surface area contributed by atoms with Crippen LogP contribution in [0.1, 0.15) is 20.7 Å². The van der Waals surface area contributed by atoms with Crippen LogP contribution in [0.4, 0.5) is 5.69 Å². The predicted molar refractivity (Wildman–Crippen MR) is 95.0 cm³/mol. The van der Waals surface area contributed by atoms with E-state index in [4.69, 9.17) is 21.1 Å². The number of carbonyl (C=O) groups excluding carboxylic acids is 3. The van der Waals surface area contributed by atoms with E-state index in [2.05, 4.69) is 5.32 Å². The number of anilines is 1.